The fraction of sp³-hybridized carbons (Fsp3) is 0.625. The number of rotatable bonds is 3. The van der Waals surface area contributed by atoms with E-state index in [1.54, 1.807) is 26.3 Å². The van der Waals surface area contributed by atoms with Crippen LogP contribution in [0.3, 0.4) is 0 Å². The average molecular weight is 382 g/mol. The molecule has 7 nitrogen and oxygen atoms in total. The van der Waals surface area contributed by atoms with Gasteiger partial charge in [-0.3, -0.25) is 0 Å². The maximum atomic E-state index is 12.9. The molecule has 2 saturated heterocycles. The first-order valence-electron chi connectivity index (χ1n) is 8.84. The van der Waals surface area contributed by atoms with Crippen molar-refractivity contribution >= 4 is 37.6 Å². The molecule has 0 N–H and O–H groups in total. The van der Waals surface area contributed by atoms with E-state index in [0.29, 0.717) is 32.7 Å². The van der Waals surface area contributed by atoms with E-state index in [9.17, 15) is 8.42 Å². The van der Waals surface area contributed by atoms with Gasteiger partial charge in [-0.05, 0) is 30.7 Å². The molecule has 0 bridgehead atoms. The molecule has 0 atom stereocenters. The zero-order valence-electron chi connectivity index (χ0n) is 14.2. The van der Waals surface area contributed by atoms with Gasteiger partial charge < -0.3 is 4.90 Å². The molecule has 2 aliphatic heterocycles. The van der Waals surface area contributed by atoms with Gasteiger partial charge in [-0.25, -0.2) is 9.97 Å². The van der Waals surface area contributed by atoms with Crippen molar-refractivity contribution in [3.8, 4) is 0 Å². The van der Waals surface area contributed by atoms with Crippen LogP contribution in [-0.2, 0) is 10.2 Å². The van der Waals surface area contributed by atoms with E-state index in [1.165, 1.54) is 0 Å². The van der Waals surface area contributed by atoms with Crippen molar-refractivity contribution in [2.75, 3.05) is 44.2 Å². The Balaban J connectivity index is 1.51. The second-order valence-electron chi connectivity index (χ2n) is 6.54. The molecule has 0 aromatic carbocycles. The number of hydrogen-bond donors (Lipinski definition) is 0. The molecule has 0 amide bonds. The molecule has 0 saturated carbocycles. The Bertz CT molecular complexity index is 832. The van der Waals surface area contributed by atoms with Crippen LogP contribution in [0.4, 0.5) is 5.82 Å². The third kappa shape index (κ3) is 3.38. The van der Waals surface area contributed by atoms with Gasteiger partial charge >= 0.3 is 0 Å². The molecule has 9 heteroatoms. The summed E-state index contributed by atoms with van der Waals surface area (Å²) in [5.74, 6) is 0.920. The van der Waals surface area contributed by atoms with Crippen LogP contribution < -0.4 is 4.90 Å². The summed E-state index contributed by atoms with van der Waals surface area (Å²) in [6, 6.07) is 2.04. The SMILES string of the molecule is O=S(=O)(N1CCCCC1)N1CCCN(c2ncnc3sccc23)CC1. The fourth-order valence-corrected chi connectivity index (χ4v) is 6.07. The van der Waals surface area contributed by atoms with Gasteiger partial charge in [0.15, 0.2) is 0 Å². The van der Waals surface area contributed by atoms with Crippen LogP contribution in [0, 0.1) is 0 Å². The zero-order chi connectivity index (χ0) is 17.3. The maximum absolute atomic E-state index is 12.9. The predicted molar refractivity (Wildman–Crippen MR) is 100 cm³/mol. The van der Waals surface area contributed by atoms with Crippen LogP contribution in [0.15, 0.2) is 17.8 Å². The number of nitrogens with zero attached hydrogens (tertiary/aromatic N) is 5. The van der Waals surface area contributed by atoms with Crippen LogP contribution in [0.25, 0.3) is 10.2 Å². The lowest BCUT2D eigenvalue weighted by Gasteiger charge is -2.31. The number of piperidine rings is 1. The Labute approximate surface area is 152 Å². The summed E-state index contributed by atoms with van der Waals surface area (Å²) in [5.41, 5.74) is 0. The van der Waals surface area contributed by atoms with Crippen LogP contribution in [0.5, 0.6) is 0 Å². The Morgan fingerprint density at radius 3 is 2.48 bits per heavy atom. The van der Waals surface area contributed by atoms with Gasteiger partial charge in [0.05, 0.1) is 5.39 Å². The molecule has 4 heterocycles. The van der Waals surface area contributed by atoms with Crippen LogP contribution in [-0.4, -0.2) is 66.3 Å². The molecular formula is C16H23N5O2S2. The van der Waals surface area contributed by atoms with E-state index in [1.807, 2.05) is 11.4 Å². The van der Waals surface area contributed by atoms with Crippen molar-refractivity contribution in [1.29, 1.82) is 0 Å². The first-order chi connectivity index (χ1) is 12.2. The quantitative estimate of drug-likeness (QED) is 0.813. The highest BCUT2D eigenvalue weighted by molar-refractivity contribution is 7.86. The van der Waals surface area contributed by atoms with E-state index in [4.69, 9.17) is 0 Å². The van der Waals surface area contributed by atoms with E-state index in [-0.39, 0.29) is 0 Å². The number of aromatic nitrogens is 2. The number of fused-ring (bicyclic) bond motifs is 1. The second-order valence-corrected chi connectivity index (χ2v) is 9.37. The van der Waals surface area contributed by atoms with E-state index in [2.05, 4.69) is 14.9 Å². The summed E-state index contributed by atoms with van der Waals surface area (Å²) in [6.45, 7) is 3.87. The molecule has 2 fully saturated rings. The average Bonchev–Trinajstić information content (AvgIpc) is 2.98. The topological polar surface area (TPSA) is 69.6 Å². The molecule has 0 unspecified atom stereocenters. The normalized spacial score (nSPS) is 21.5. The van der Waals surface area contributed by atoms with Gasteiger partial charge in [-0.1, -0.05) is 6.42 Å². The summed E-state index contributed by atoms with van der Waals surface area (Å²) in [6.07, 6.45) is 5.47. The number of hydrogen-bond acceptors (Lipinski definition) is 6. The lowest BCUT2D eigenvalue weighted by atomic mass is 10.2. The maximum Gasteiger partial charge on any atom is 0.282 e. The Morgan fingerprint density at radius 1 is 0.880 bits per heavy atom. The van der Waals surface area contributed by atoms with Crippen molar-refractivity contribution in [2.24, 2.45) is 0 Å². The van der Waals surface area contributed by atoms with Gasteiger partial charge in [0.2, 0.25) is 0 Å². The Morgan fingerprint density at radius 2 is 1.64 bits per heavy atom. The Hall–Kier alpha value is -1.29. The van der Waals surface area contributed by atoms with Crippen molar-refractivity contribution < 1.29 is 8.42 Å². The smallest absolute Gasteiger partial charge is 0.282 e. The molecule has 0 aliphatic carbocycles. The van der Waals surface area contributed by atoms with Crippen molar-refractivity contribution in [3.05, 3.63) is 17.8 Å². The first kappa shape index (κ1) is 17.1. The minimum absolute atomic E-state index is 0.508. The zero-order valence-corrected chi connectivity index (χ0v) is 15.8. The van der Waals surface area contributed by atoms with Crippen molar-refractivity contribution in [2.45, 2.75) is 25.7 Å². The third-order valence-electron chi connectivity index (χ3n) is 4.96. The lowest BCUT2D eigenvalue weighted by Crippen LogP contribution is -2.47. The van der Waals surface area contributed by atoms with Gasteiger partial charge in [0.1, 0.15) is 17.0 Å². The summed E-state index contributed by atoms with van der Waals surface area (Å²) in [7, 11) is -3.34. The minimum atomic E-state index is -3.34. The van der Waals surface area contributed by atoms with Crippen LogP contribution >= 0.6 is 11.3 Å². The monoisotopic (exact) mass is 381 g/mol. The standard InChI is InChI=1S/C16H23N5O2S2/c22-25(23,20-7-2-1-3-8-20)21-9-4-6-19(10-11-21)15-14-5-12-24-16(14)18-13-17-15/h5,12-13H,1-4,6-11H2. The van der Waals surface area contributed by atoms with E-state index >= 15 is 0 Å². The largest absolute Gasteiger partial charge is 0.355 e. The van der Waals surface area contributed by atoms with Crippen LogP contribution in [0.2, 0.25) is 0 Å². The number of thiophene rings is 1. The first-order valence-corrected chi connectivity index (χ1v) is 11.1. The van der Waals surface area contributed by atoms with Crippen molar-refractivity contribution in [3.63, 3.8) is 0 Å². The van der Waals surface area contributed by atoms with Gasteiger partial charge in [-0.15, -0.1) is 11.3 Å². The van der Waals surface area contributed by atoms with E-state index in [0.717, 1.165) is 48.3 Å². The summed E-state index contributed by atoms with van der Waals surface area (Å²) in [4.78, 5) is 11.9. The number of anilines is 1. The molecular weight excluding hydrogens is 358 g/mol. The predicted octanol–water partition coefficient (Wildman–Crippen LogP) is 1.93. The van der Waals surface area contributed by atoms with Gasteiger partial charge in [0.25, 0.3) is 10.2 Å². The minimum Gasteiger partial charge on any atom is -0.355 e. The molecule has 4 rings (SSSR count). The molecule has 0 radical (unpaired) electrons. The highest BCUT2D eigenvalue weighted by Gasteiger charge is 2.32. The van der Waals surface area contributed by atoms with E-state index < -0.39 is 10.2 Å². The van der Waals surface area contributed by atoms with Gasteiger partial charge in [0, 0.05) is 39.3 Å². The van der Waals surface area contributed by atoms with Crippen LogP contribution in [0.1, 0.15) is 25.7 Å². The summed E-state index contributed by atoms with van der Waals surface area (Å²) in [5, 5.41) is 3.08. The molecule has 0 spiro atoms. The Kier molecular flexibility index (Phi) is 4.90. The highest BCUT2D eigenvalue weighted by atomic mass is 32.2. The molecule has 2 aromatic rings. The third-order valence-corrected chi connectivity index (χ3v) is 7.82. The molecule has 136 valence electrons. The highest BCUT2D eigenvalue weighted by Crippen LogP contribution is 2.28. The lowest BCUT2D eigenvalue weighted by molar-refractivity contribution is 0.307. The summed E-state index contributed by atoms with van der Waals surface area (Å²) < 4.78 is 29.2. The molecule has 2 aliphatic rings. The second kappa shape index (κ2) is 7.14. The van der Waals surface area contributed by atoms with Gasteiger partial charge in [-0.2, -0.15) is 17.0 Å². The van der Waals surface area contributed by atoms with Crippen molar-refractivity contribution in [1.82, 2.24) is 18.6 Å². The molecule has 25 heavy (non-hydrogen) atoms. The fourth-order valence-electron chi connectivity index (χ4n) is 3.62. The molecule has 2 aromatic heterocycles. The summed E-state index contributed by atoms with van der Waals surface area (Å²) >= 11 is 1.60.